The Balaban J connectivity index is 1.89. The van der Waals surface area contributed by atoms with Gasteiger partial charge in [0.2, 0.25) is 0 Å². The maximum absolute atomic E-state index is 12.9. The third kappa shape index (κ3) is 5.10. The molecule has 0 saturated carbocycles. The predicted octanol–water partition coefficient (Wildman–Crippen LogP) is 7.36. The smallest absolute Gasteiger partial charge is 0.158 e. The van der Waals surface area contributed by atoms with Crippen molar-refractivity contribution in [2.24, 2.45) is 11.3 Å². The van der Waals surface area contributed by atoms with Gasteiger partial charge in [-0.15, -0.1) is 0 Å². The van der Waals surface area contributed by atoms with E-state index in [2.05, 4.69) is 88.4 Å². The number of carbonyl (C=O) groups is 1. The van der Waals surface area contributed by atoms with Crippen LogP contribution in [-0.2, 0) is 4.79 Å². The number of rotatable bonds is 2. The monoisotopic (exact) mass is 372 g/mol. The molecule has 0 aromatic heterocycles. The molecule has 3 rings (SSSR count). The third-order valence-corrected chi connectivity index (χ3v) is 6.02. The van der Waals surface area contributed by atoms with Crippen molar-refractivity contribution < 1.29 is 4.79 Å². The zero-order valence-corrected chi connectivity index (χ0v) is 17.6. The summed E-state index contributed by atoms with van der Waals surface area (Å²) in [5, 5.41) is 0. The van der Waals surface area contributed by atoms with Gasteiger partial charge in [-0.2, -0.15) is 0 Å². The SMILES string of the molecule is C/C1=C\CC(C)(C)/C=C/C(=O)[C@H](C)C(c2ccc(-c3ccccc3)cc2)CC1. The summed E-state index contributed by atoms with van der Waals surface area (Å²) in [5.41, 5.74) is 5.16. The first-order chi connectivity index (χ1) is 13.4. The van der Waals surface area contributed by atoms with Crippen LogP contribution in [0.15, 0.2) is 78.4 Å². The topological polar surface area (TPSA) is 17.1 Å². The molecule has 0 bridgehead atoms. The van der Waals surface area contributed by atoms with Gasteiger partial charge in [0.25, 0.3) is 0 Å². The van der Waals surface area contributed by atoms with E-state index in [1.807, 2.05) is 12.1 Å². The molecule has 1 unspecified atom stereocenters. The van der Waals surface area contributed by atoms with Crippen molar-refractivity contribution in [3.8, 4) is 11.1 Å². The standard InChI is InChI=1S/C27H32O/c1-20-10-15-25(21(2)26(28)17-19-27(3,4)18-16-20)24-13-11-23(12-14-24)22-8-6-5-7-9-22/h5-9,11-14,16-17,19,21,25H,10,15,18H2,1-4H3/b19-17+,20-16+/t21-,25?/m1/s1. The van der Waals surface area contributed by atoms with Gasteiger partial charge in [-0.25, -0.2) is 0 Å². The lowest BCUT2D eigenvalue weighted by molar-refractivity contribution is -0.118. The van der Waals surface area contributed by atoms with Gasteiger partial charge in [0.1, 0.15) is 0 Å². The fraction of sp³-hybridized carbons (Fsp3) is 0.370. The molecule has 146 valence electrons. The van der Waals surface area contributed by atoms with Gasteiger partial charge in [0.15, 0.2) is 5.78 Å². The lowest BCUT2D eigenvalue weighted by atomic mass is 9.80. The second kappa shape index (κ2) is 8.73. The first kappa shape index (κ1) is 20.3. The summed E-state index contributed by atoms with van der Waals surface area (Å²) in [6.07, 6.45) is 9.29. The average molecular weight is 373 g/mol. The summed E-state index contributed by atoms with van der Waals surface area (Å²) in [6.45, 7) is 8.71. The van der Waals surface area contributed by atoms with E-state index in [0.717, 1.165) is 19.3 Å². The Bertz CT molecular complexity index is 853. The van der Waals surface area contributed by atoms with Crippen LogP contribution in [0.1, 0.15) is 58.4 Å². The van der Waals surface area contributed by atoms with Crippen LogP contribution in [-0.4, -0.2) is 5.78 Å². The Hall–Kier alpha value is -2.41. The number of ketones is 1. The quantitative estimate of drug-likeness (QED) is 0.503. The summed E-state index contributed by atoms with van der Waals surface area (Å²) >= 11 is 0. The minimum atomic E-state index is -0.0134. The molecular weight excluding hydrogens is 340 g/mol. The number of allylic oxidation sites excluding steroid dienone is 4. The molecule has 28 heavy (non-hydrogen) atoms. The third-order valence-electron chi connectivity index (χ3n) is 6.02. The molecule has 1 nitrogen and oxygen atoms in total. The summed E-state index contributed by atoms with van der Waals surface area (Å²) in [5.74, 6) is 0.469. The van der Waals surface area contributed by atoms with E-state index < -0.39 is 0 Å². The summed E-state index contributed by atoms with van der Waals surface area (Å²) < 4.78 is 0. The molecule has 0 N–H and O–H groups in total. The number of carbonyl (C=O) groups excluding carboxylic acids is 1. The van der Waals surface area contributed by atoms with Crippen LogP contribution in [0.3, 0.4) is 0 Å². The number of benzene rings is 2. The molecule has 0 fully saturated rings. The summed E-state index contributed by atoms with van der Waals surface area (Å²) in [6, 6.07) is 19.2. The highest BCUT2D eigenvalue weighted by Gasteiger charge is 2.25. The largest absolute Gasteiger partial charge is 0.295 e. The summed E-state index contributed by atoms with van der Waals surface area (Å²) in [4.78, 5) is 12.9. The molecule has 1 aliphatic carbocycles. The fourth-order valence-corrected chi connectivity index (χ4v) is 3.91. The number of hydrogen-bond donors (Lipinski definition) is 0. The van der Waals surface area contributed by atoms with E-state index in [1.165, 1.54) is 22.3 Å². The molecule has 0 heterocycles. The van der Waals surface area contributed by atoms with Gasteiger partial charge in [0.05, 0.1) is 0 Å². The highest BCUT2D eigenvalue weighted by Crippen LogP contribution is 2.35. The maximum atomic E-state index is 12.9. The normalized spacial score (nSPS) is 26.0. The molecule has 2 atom stereocenters. The number of hydrogen-bond acceptors (Lipinski definition) is 1. The Morgan fingerprint density at radius 3 is 2.25 bits per heavy atom. The zero-order valence-electron chi connectivity index (χ0n) is 17.6. The van der Waals surface area contributed by atoms with E-state index >= 15 is 0 Å². The van der Waals surface area contributed by atoms with Crippen LogP contribution in [0.4, 0.5) is 0 Å². The van der Waals surface area contributed by atoms with Gasteiger partial charge in [-0.05, 0) is 60.3 Å². The van der Waals surface area contributed by atoms with Crippen LogP contribution in [0, 0.1) is 11.3 Å². The highest BCUT2D eigenvalue weighted by atomic mass is 16.1. The van der Waals surface area contributed by atoms with Crippen molar-refractivity contribution in [3.63, 3.8) is 0 Å². The lowest BCUT2D eigenvalue weighted by Crippen LogP contribution is -2.19. The summed E-state index contributed by atoms with van der Waals surface area (Å²) in [7, 11) is 0. The van der Waals surface area contributed by atoms with Crippen molar-refractivity contribution in [3.05, 3.63) is 84.0 Å². The maximum Gasteiger partial charge on any atom is 0.158 e. The predicted molar refractivity (Wildman–Crippen MR) is 119 cm³/mol. The molecule has 0 amide bonds. The lowest BCUT2D eigenvalue weighted by Gasteiger charge is -2.23. The zero-order chi connectivity index (χ0) is 20.1. The Morgan fingerprint density at radius 1 is 0.929 bits per heavy atom. The molecule has 2 aromatic carbocycles. The average Bonchev–Trinajstić information content (AvgIpc) is 2.72. The first-order valence-electron chi connectivity index (χ1n) is 10.4. The molecular formula is C27H32O. The van der Waals surface area contributed by atoms with Gasteiger partial charge in [-0.1, -0.05) is 93.1 Å². The second-order valence-electron chi connectivity index (χ2n) is 8.90. The van der Waals surface area contributed by atoms with Gasteiger partial charge >= 0.3 is 0 Å². The van der Waals surface area contributed by atoms with E-state index in [4.69, 9.17) is 0 Å². The molecule has 2 aromatic rings. The van der Waals surface area contributed by atoms with Crippen LogP contribution in [0.25, 0.3) is 11.1 Å². The van der Waals surface area contributed by atoms with E-state index in [9.17, 15) is 4.79 Å². The minimum absolute atomic E-state index is 0.0134. The Kier molecular flexibility index (Phi) is 6.34. The highest BCUT2D eigenvalue weighted by molar-refractivity contribution is 5.92. The molecule has 0 saturated heterocycles. The van der Waals surface area contributed by atoms with Crippen molar-refractivity contribution >= 4 is 5.78 Å². The van der Waals surface area contributed by atoms with E-state index in [-0.39, 0.29) is 23.0 Å². The van der Waals surface area contributed by atoms with Gasteiger partial charge in [-0.3, -0.25) is 4.79 Å². The Morgan fingerprint density at radius 2 is 1.57 bits per heavy atom. The van der Waals surface area contributed by atoms with Gasteiger partial charge in [0, 0.05) is 5.92 Å². The van der Waals surface area contributed by atoms with E-state index in [1.54, 1.807) is 0 Å². The molecule has 0 aliphatic heterocycles. The fourth-order valence-electron chi connectivity index (χ4n) is 3.91. The van der Waals surface area contributed by atoms with Crippen molar-refractivity contribution in [1.29, 1.82) is 0 Å². The first-order valence-corrected chi connectivity index (χ1v) is 10.4. The Labute approximate surface area is 170 Å². The minimum Gasteiger partial charge on any atom is -0.295 e. The molecule has 1 aliphatic rings. The van der Waals surface area contributed by atoms with E-state index in [0.29, 0.717) is 0 Å². The molecule has 0 spiro atoms. The van der Waals surface area contributed by atoms with Crippen LogP contribution in [0.2, 0.25) is 0 Å². The van der Waals surface area contributed by atoms with Crippen molar-refractivity contribution in [2.75, 3.05) is 0 Å². The second-order valence-corrected chi connectivity index (χ2v) is 8.90. The van der Waals surface area contributed by atoms with Gasteiger partial charge < -0.3 is 0 Å². The van der Waals surface area contributed by atoms with Crippen molar-refractivity contribution in [1.82, 2.24) is 0 Å². The van der Waals surface area contributed by atoms with Crippen LogP contribution >= 0.6 is 0 Å². The van der Waals surface area contributed by atoms with Crippen LogP contribution < -0.4 is 0 Å². The molecule has 0 radical (unpaired) electrons. The van der Waals surface area contributed by atoms with Crippen molar-refractivity contribution in [2.45, 2.75) is 52.9 Å². The molecule has 1 heteroatoms. The van der Waals surface area contributed by atoms with Crippen LogP contribution in [0.5, 0.6) is 0 Å².